The van der Waals surface area contributed by atoms with Gasteiger partial charge in [0.05, 0.1) is 12.5 Å². The molecule has 2 aromatic carbocycles. The number of ether oxygens (including phenoxy) is 1. The lowest BCUT2D eigenvalue weighted by atomic mass is 9.77. The smallest absolute Gasteiger partial charge is 0.229 e. The largest absolute Gasteiger partial charge is 0.497 e. The zero-order chi connectivity index (χ0) is 21.0. The van der Waals surface area contributed by atoms with Crippen molar-refractivity contribution < 1.29 is 9.53 Å². The van der Waals surface area contributed by atoms with Crippen molar-refractivity contribution in [2.75, 3.05) is 33.3 Å². The van der Waals surface area contributed by atoms with Crippen molar-refractivity contribution in [2.24, 2.45) is 11.1 Å². The van der Waals surface area contributed by atoms with Gasteiger partial charge in [-0.1, -0.05) is 42.5 Å². The van der Waals surface area contributed by atoms with Gasteiger partial charge in [-0.15, -0.1) is 24.8 Å². The summed E-state index contributed by atoms with van der Waals surface area (Å²) in [5.74, 6) is 1.20. The highest BCUT2D eigenvalue weighted by Gasteiger charge is 2.47. The molecule has 0 bridgehead atoms. The highest BCUT2D eigenvalue weighted by atomic mass is 35.5. The number of halogens is 2. The van der Waals surface area contributed by atoms with E-state index in [1.807, 2.05) is 35.2 Å². The second kappa shape index (κ2) is 11.9. The number of hydrogen-bond acceptors (Lipinski definition) is 4. The molecule has 5 nitrogen and oxygen atoms in total. The summed E-state index contributed by atoms with van der Waals surface area (Å²) in [5.41, 5.74) is 8.58. The lowest BCUT2D eigenvalue weighted by Gasteiger charge is -2.38. The molecule has 2 saturated heterocycles. The molecule has 2 fully saturated rings. The van der Waals surface area contributed by atoms with Gasteiger partial charge in [0, 0.05) is 19.1 Å². The van der Waals surface area contributed by atoms with Crippen LogP contribution < -0.4 is 10.5 Å². The lowest BCUT2D eigenvalue weighted by molar-refractivity contribution is -0.138. The predicted molar refractivity (Wildman–Crippen MR) is 134 cm³/mol. The van der Waals surface area contributed by atoms with Gasteiger partial charge in [-0.3, -0.25) is 4.79 Å². The second-order valence-electron chi connectivity index (χ2n) is 8.75. The maximum atomic E-state index is 13.2. The van der Waals surface area contributed by atoms with Gasteiger partial charge in [0.2, 0.25) is 5.91 Å². The number of amides is 1. The highest BCUT2D eigenvalue weighted by molar-refractivity contribution is 5.86. The zero-order valence-corrected chi connectivity index (χ0v) is 20.4. The van der Waals surface area contributed by atoms with Crippen LogP contribution in [0.3, 0.4) is 0 Å². The maximum Gasteiger partial charge on any atom is 0.229 e. The van der Waals surface area contributed by atoms with Crippen molar-refractivity contribution >= 4 is 30.7 Å². The quantitative estimate of drug-likeness (QED) is 0.637. The summed E-state index contributed by atoms with van der Waals surface area (Å²) in [7, 11) is 1.67. The SMILES string of the molecule is COc1ccc(CN2CCC3(CCN(CCC(N)c4ccccc4)CC3)C2=O)cc1.Cl.Cl. The topological polar surface area (TPSA) is 58.8 Å². The number of nitrogens with two attached hydrogens (primary N) is 1. The van der Waals surface area contributed by atoms with E-state index in [4.69, 9.17) is 10.5 Å². The number of nitrogens with zero attached hydrogens (tertiary/aromatic N) is 2. The fourth-order valence-electron chi connectivity index (χ4n) is 4.85. The maximum absolute atomic E-state index is 13.2. The average molecular weight is 480 g/mol. The third-order valence-corrected chi connectivity index (χ3v) is 6.93. The molecule has 1 spiro atoms. The molecule has 1 atom stereocenters. The number of carbonyl (C=O) groups is 1. The zero-order valence-electron chi connectivity index (χ0n) is 18.7. The van der Waals surface area contributed by atoms with Crippen LogP contribution in [0.15, 0.2) is 54.6 Å². The number of rotatable bonds is 7. The summed E-state index contributed by atoms with van der Waals surface area (Å²) in [4.78, 5) is 17.8. The fourth-order valence-corrected chi connectivity index (χ4v) is 4.85. The van der Waals surface area contributed by atoms with Crippen molar-refractivity contribution in [2.45, 2.75) is 38.3 Å². The van der Waals surface area contributed by atoms with E-state index in [0.29, 0.717) is 12.5 Å². The Morgan fingerprint density at radius 3 is 2.22 bits per heavy atom. The van der Waals surface area contributed by atoms with E-state index in [1.165, 1.54) is 5.56 Å². The molecule has 2 N–H and O–H groups in total. The van der Waals surface area contributed by atoms with Crippen molar-refractivity contribution in [1.29, 1.82) is 0 Å². The van der Waals surface area contributed by atoms with Crippen LogP contribution in [-0.2, 0) is 11.3 Å². The summed E-state index contributed by atoms with van der Waals surface area (Å²) in [5, 5.41) is 0. The number of likely N-dealkylation sites (tertiary alicyclic amines) is 2. The van der Waals surface area contributed by atoms with Crippen LogP contribution in [0.4, 0.5) is 0 Å². The summed E-state index contributed by atoms with van der Waals surface area (Å²) in [6.45, 7) is 4.53. The Balaban J connectivity index is 0.00000181. The molecule has 0 aromatic heterocycles. The van der Waals surface area contributed by atoms with Crippen LogP contribution in [0, 0.1) is 5.41 Å². The first-order chi connectivity index (χ1) is 14.6. The van der Waals surface area contributed by atoms with E-state index in [2.05, 4.69) is 29.2 Å². The number of piperidine rings is 1. The van der Waals surface area contributed by atoms with Crippen LogP contribution in [0.2, 0.25) is 0 Å². The van der Waals surface area contributed by atoms with E-state index < -0.39 is 0 Å². The minimum atomic E-state index is -0.148. The van der Waals surface area contributed by atoms with Crippen molar-refractivity contribution in [3.8, 4) is 5.75 Å². The van der Waals surface area contributed by atoms with Gasteiger partial charge in [0.15, 0.2) is 0 Å². The summed E-state index contributed by atoms with van der Waals surface area (Å²) in [6, 6.07) is 18.4. The average Bonchev–Trinajstić information content (AvgIpc) is 3.09. The van der Waals surface area contributed by atoms with Crippen molar-refractivity contribution in [3.05, 3.63) is 65.7 Å². The Kier molecular flexibility index (Phi) is 9.83. The molecule has 2 heterocycles. The molecule has 1 unspecified atom stereocenters. The van der Waals surface area contributed by atoms with Crippen LogP contribution in [0.5, 0.6) is 5.75 Å². The lowest BCUT2D eigenvalue weighted by Crippen LogP contribution is -2.45. The molecule has 0 radical (unpaired) electrons. The molecule has 1 amide bonds. The van der Waals surface area contributed by atoms with Gasteiger partial charge >= 0.3 is 0 Å². The number of benzene rings is 2. The number of carbonyl (C=O) groups excluding carboxylic acids is 1. The van der Waals surface area contributed by atoms with Crippen LogP contribution >= 0.6 is 24.8 Å². The Hall–Kier alpha value is -1.79. The van der Waals surface area contributed by atoms with E-state index in [0.717, 1.165) is 63.2 Å². The third kappa shape index (κ3) is 5.96. The van der Waals surface area contributed by atoms with Crippen molar-refractivity contribution in [1.82, 2.24) is 9.80 Å². The van der Waals surface area contributed by atoms with Gasteiger partial charge in [-0.05, 0) is 68.6 Å². The Morgan fingerprint density at radius 2 is 1.59 bits per heavy atom. The van der Waals surface area contributed by atoms with Crippen LogP contribution in [0.1, 0.15) is 42.9 Å². The molecule has 2 aromatic rings. The molecule has 32 heavy (non-hydrogen) atoms. The minimum absolute atomic E-state index is 0. The molecule has 0 aliphatic carbocycles. The summed E-state index contributed by atoms with van der Waals surface area (Å²) in [6.07, 6.45) is 3.87. The monoisotopic (exact) mass is 479 g/mol. The molecule has 0 saturated carbocycles. The van der Waals surface area contributed by atoms with Gasteiger partial charge in [0.25, 0.3) is 0 Å². The van der Waals surface area contributed by atoms with Crippen LogP contribution in [0.25, 0.3) is 0 Å². The van der Waals surface area contributed by atoms with E-state index in [1.54, 1.807) is 7.11 Å². The third-order valence-electron chi connectivity index (χ3n) is 6.93. The van der Waals surface area contributed by atoms with Gasteiger partial charge in [-0.25, -0.2) is 0 Å². The van der Waals surface area contributed by atoms with Gasteiger partial charge in [0.1, 0.15) is 5.75 Å². The van der Waals surface area contributed by atoms with Crippen LogP contribution in [-0.4, -0.2) is 49.0 Å². The predicted octanol–water partition coefficient (Wildman–Crippen LogP) is 4.44. The first-order valence-electron chi connectivity index (χ1n) is 11.0. The molecule has 2 aliphatic heterocycles. The fraction of sp³-hybridized carbons (Fsp3) is 0.480. The van der Waals surface area contributed by atoms with Gasteiger partial charge < -0.3 is 20.3 Å². The second-order valence-corrected chi connectivity index (χ2v) is 8.75. The molecule has 176 valence electrons. The highest BCUT2D eigenvalue weighted by Crippen LogP contribution is 2.42. The Labute approximate surface area is 204 Å². The summed E-state index contributed by atoms with van der Waals surface area (Å²) >= 11 is 0. The number of hydrogen-bond donors (Lipinski definition) is 1. The summed E-state index contributed by atoms with van der Waals surface area (Å²) < 4.78 is 5.23. The molecular formula is C25H35Cl2N3O2. The number of methoxy groups -OCH3 is 1. The molecule has 7 heteroatoms. The molecular weight excluding hydrogens is 445 g/mol. The van der Waals surface area contributed by atoms with E-state index in [-0.39, 0.29) is 36.3 Å². The normalized spacial score (nSPS) is 18.7. The standard InChI is InChI=1S/C25H33N3O2.2ClH/c1-30-22-9-7-20(8-10-22)19-28-18-14-25(24(28)29)12-16-27(17-13-25)15-11-23(26)21-5-3-2-4-6-21;;/h2-10,23H,11-19,26H2,1H3;2*1H. The van der Waals surface area contributed by atoms with Gasteiger partial charge in [-0.2, -0.15) is 0 Å². The first kappa shape index (κ1) is 26.5. The Bertz CT molecular complexity index is 840. The Morgan fingerprint density at radius 1 is 0.969 bits per heavy atom. The first-order valence-corrected chi connectivity index (χ1v) is 11.0. The minimum Gasteiger partial charge on any atom is -0.497 e. The van der Waals surface area contributed by atoms with E-state index in [9.17, 15) is 4.79 Å². The molecule has 4 rings (SSSR count). The van der Waals surface area contributed by atoms with Crippen molar-refractivity contribution in [3.63, 3.8) is 0 Å². The molecule has 2 aliphatic rings. The van der Waals surface area contributed by atoms with E-state index >= 15 is 0 Å².